The molecule has 0 aliphatic carbocycles. The molecule has 5 aromatic carbocycles. The van der Waals surface area contributed by atoms with Crippen LogP contribution in [0.25, 0.3) is 0 Å². The summed E-state index contributed by atoms with van der Waals surface area (Å²) in [4.78, 5) is 4.84. The van der Waals surface area contributed by atoms with Crippen LogP contribution < -0.4 is 45.1 Å². The molecular weight excluding hydrogens is 631 g/mol. The average Bonchev–Trinajstić information content (AvgIpc) is 3.77. The summed E-state index contributed by atoms with van der Waals surface area (Å²) in [5.41, 5.74) is 13.9. The van der Waals surface area contributed by atoms with Crippen molar-refractivity contribution in [2.45, 2.75) is 78.6 Å². The first kappa shape index (κ1) is 31.9. The van der Waals surface area contributed by atoms with Crippen LogP contribution in [-0.2, 0) is 16.2 Å². The molecule has 4 aliphatic rings. The zero-order valence-electron chi connectivity index (χ0n) is 31.1. The highest BCUT2D eigenvalue weighted by Crippen LogP contribution is 2.54. The summed E-state index contributed by atoms with van der Waals surface area (Å²) >= 11 is 0. The van der Waals surface area contributed by atoms with Crippen LogP contribution in [0.2, 0.25) is 0 Å². The Labute approximate surface area is 302 Å². The van der Waals surface area contributed by atoms with Gasteiger partial charge in [-0.05, 0) is 97.9 Å². The monoisotopic (exact) mass is 676 g/mol. The van der Waals surface area contributed by atoms with Gasteiger partial charge in [-0.1, -0.05) is 98.7 Å². The van der Waals surface area contributed by atoms with Gasteiger partial charge in [-0.2, -0.15) is 0 Å². The van der Waals surface area contributed by atoms with E-state index in [1.165, 1.54) is 44.5 Å². The van der Waals surface area contributed by atoms with Gasteiger partial charge in [-0.25, -0.2) is 0 Å². The van der Waals surface area contributed by atoms with Crippen molar-refractivity contribution < 1.29 is 18.9 Å². The van der Waals surface area contributed by atoms with Crippen LogP contribution in [0.4, 0.5) is 34.1 Å². The van der Waals surface area contributed by atoms with Gasteiger partial charge >= 0.3 is 0 Å². The molecule has 258 valence electrons. The van der Waals surface area contributed by atoms with Gasteiger partial charge in [0.15, 0.2) is 23.0 Å². The van der Waals surface area contributed by atoms with Gasteiger partial charge in [0.1, 0.15) is 0 Å². The summed E-state index contributed by atoms with van der Waals surface area (Å²) in [5.74, 6) is 2.97. The van der Waals surface area contributed by atoms with Gasteiger partial charge in [-0.3, -0.25) is 0 Å². The van der Waals surface area contributed by atoms with Crippen molar-refractivity contribution in [3.63, 3.8) is 0 Å². The number of hydrogen-bond donors (Lipinski definition) is 0. The topological polar surface area (TPSA) is 43.4 Å². The molecule has 0 amide bonds. The first-order valence-electron chi connectivity index (χ1n) is 18.0. The third-order valence-electron chi connectivity index (χ3n) is 10.9. The number of para-hydroxylation sites is 1. The molecule has 0 fully saturated rings. The Balaban J connectivity index is 1.41. The summed E-state index contributed by atoms with van der Waals surface area (Å²) < 4.78 is 24.6. The van der Waals surface area contributed by atoms with Crippen LogP contribution in [0.5, 0.6) is 23.0 Å². The summed E-state index contributed by atoms with van der Waals surface area (Å²) in [6, 6.07) is 31.5. The maximum atomic E-state index is 6.37. The van der Waals surface area contributed by atoms with Crippen LogP contribution in [0.1, 0.15) is 79.0 Å². The summed E-state index contributed by atoms with van der Waals surface area (Å²) in [5, 5.41) is 0. The molecule has 4 heterocycles. The number of nitrogens with zero attached hydrogens (tertiary/aromatic N) is 2. The first-order valence-corrected chi connectivity index (χ1v) is 18.0. The lowest BCUT2D eigenvalue weighted by Crippen LogP contribution is -2.61. The molecule has 6 nitrogen and oxygen atoms in total. The number of fused-ring (bicyclic) bond motifs is 7. The molecule has 7 heteroatoms. The molecule has 0 spiro atoms. The molecule has 0 unspecified atom stereocenters. The molecule has 4 aliphatic heterocycles. The van der Waals surface area contributed by atoms with E-state index >= 15 is 0 Å². The molecule has 0 bridgehead atoms. The standard InChI is InChI=1S/C44H45BN2O4/c1-42(2,3)26-13-16-29(17-14-26)46-32-19-15-27(43(4,5)6)21-31(32)45-30-18-20-37-41(51-25-49-37)39(30)47(33-11-10-12-36-40(33)50-24-48-36)35-23-28(44(7,8)9)22-34(46)38(35)45/h10-23H,24-25H2,1-9H3. The fourth-order valence-corrected chi connectivity index (χ4v) is 8.07. The van der Waals surface area contributed by atoms with Crippen LogP contribution in [-0.4, -0.2) is 20.3 Å². The van der Waals surface area contributed by atoms with Crippen molar-refractivity contribution >= 4 is 57.2 Å². The van der Waals surface area contributed by atoms with Crippen molar-refractivity contribution in [1.82, 2.24) is 0 Å². The first-order chi connectivity index (χ1) is 24.2. The third kappa shape index (κ3) is 4.84. The highest BCUT2D eigenvalue weighted by atomic mass is 16.7. The van der Waals surface area contributed by atoms with Gasteiger partial charge in [-0.15, -0.1) is 0 Å². The van der Waals surface area contributed by atoms with E-state index in [0.29, 0.717) is 0 Å². The van der Waals surface area contributed by atoms with E-state index in [4.69, 9.17) is 18.9 Å². The van der Waals surface area contributed by atoms with Crippen molar-refractivity contribution in [1.29, 1.82) is 0 Å². The van der Waals surface area contributed by atoms with E-state index in [2.05, 4.69) is 145 Å². The minimum atomic E-state index is -0.137. The molecule has 0 atom stereocenters. The van der Waals surface area contributed by atoms with E-state index in [1.807, 2.05) is 12.1 Å². The van der Waals surface area contributed by atoms with Gasteiger partial charge < -0.3 is 28.7 Å². The van der Waals surface area contributed by atoms with E-state index in [1.54, 1.807) is 0 Å². The number of anilines is 6. The number of benzene rings is 5. The second-order valence-electron chi connectivity index (χ2n) is 17.4. The highest BCUT2D eigenvalue weighted by Gasteiger charge is 2.47. The van der Waals surface area contributed by atoms with Crippen LogP contribution in [0.3, 0.4) is 0 Å². The van der Waals surface area contributed by atoms with Crippen LogP contribution in [0, 0.1) is 0 Å². The second-order valence-corrected chi connectivity index (χ2v) is 17.4. The molecule has 9 rings (SSSR count). The quantitative estimate of drug-likeness (QED) is 0.170. The average molecular weight is 677 g/mol. The predicted octanol–water partition coefficient (Wildman–Crippen LogP) is 9.12. The Morgan fingerprint density at radius 2 is 1.10 bits per heavy atom. The SMILES string of the molecule is CC(C)(C)c1ccc(N2c3ccc(C(C)(C)C)cc3B3c4ccc5c(c4N(c4cccc6c4OCO6)c4cc(C(C)(C)C)cc2c43)OCO5)cc1. The third-order valence-corrected chi connectivity index (χ3v) is 10.9. The van der Waals surface area contributed by atoms with Crippen molar-refractivity contribution in [3.8, 4) is 23.0 Å². The summed E-state index contributed by atoms with van der Waals surface area (Å²) in [6.45, 7) is 20.9. The summed E-state index contributed by atoms with van der Waals surface area (Å²) in [6.07, 6.45) is 0. The minimum Gasteiger partial charge on any atom is -0.454 e. The smallest absolute Gasteiger partial charge is 0.252 e. The number of rotatable bonds is 2. The molecule has 0 saturated carbocycles. The largest absolute Gasteiger partial charge is 0.454 e. The van der Waals surface area contributed by atoms with E-state index < -0.39 is 0 Å². The minimum absolute atomic E-state index is 0.0340. The number of ether oxygens (including phenoxy) is 4. The lowest BCUT2D eigenvalue weighted by Gasteiger charge is -2.45. The Kier molecular flexibility index (Phi) is 6.72. The van der Waals surface area contributed by atoms with Crippen molar-refractivity contribution in [2.75, 3.05) is 23.4 Å². The summed E-state index contributed by atoms with van der Waals surface area (Å²) in [7, 11) is 0. The Morgan fingerprint density at radius 3 is 1.76 bits per heavy atom. The molecule has 51 heavy (non-hydrogen) atoms. The van der Waals surface area contributed by atoms with Gasteiger partial charge in [0.25, 0.3) is 6.71 Å². The Bertz CT molecular complexity index is 2240. The van der Waals surface area contributed by atoms with Gasteiger partial charge in [0.2, 0.25) is 13.6 Å². The lowest BCUT2D eigenvalue weighted by molar-refractivity contribution is 0.174. The normalized spacial score (nSPS) is 15.5. The molecule has 5 aromatic rings. The Morgan fingerprint density at radius 1 is 0.490 bits per heavy atom. The zero-order valence-corrected chi connectivity index (χ0v) is 31.1. The molecule has 0 aromatic heterocycles. The van der Waals surface area contributed by atoms with Crippen molar-refractivity contribution in [3.05, 3.63) is 102 Å². The van der Waals surface area contributed by atoms with Crippen LogP contribution in [0.15, 0.2) is 84.9 Å². The predicted molar refractivity (Wildman–Crippen MR) is 209 cm³/mol. The Hall–Kier alpha value is -5.04. The van der Waals surface area contributed by atoms with Gasteiger partial charge in [0, 0.05) is 22.7 Å². The fourth-order valence-electron chi connectivity index (χ4n) is 8.07. The molecule has 0 N–H and O–H groups in total. The molecule has 0 saturated heterocycles. The number of hydrogen-bond acceptors (Lipinski definition) is 6. The van der Waals surface area contributed by atoms with E-state index in [0.717, 1.165) is 45.7 Å². The zero-order chi connectivity index (χ0) is 35.6. The maximum absolute atomic E-state index is 6.37. The van der Waals surface area contributed by atoms with E-state index in [-0.39, 0.29) is 36.5 Å². The highest BCUT2D eigenvalue weighted by molar-refractivity contribution is 7.00. The lowest BCUT2D eigenvalue weighted by atomic mass is 9.33. The van der Waals surface area contributed by atoms with Crippen LogP contribution >= 0.6 is 0 Å². The molecule has 0 radical (unpaired) electrons. The van der Waals surface area contributed by atoms with Gasteiger partial charge in [0.05, 0.1) is 11.4 Å². The molecular formula is C44H45BN2O4. The second kappa shape index (κ2) is 10.7. The maximum Gasteiger partial charge on any atom is 0.252 e. The van der Waals surface area contributed by atoms with Crippen molar-refractivity contribution in [2.24, 2.45) is 0 Å². The van der Waals surface area contributed by atoms with E-state index in [9.17, 15) is 0 Å². The fraction of sp³-hybridized carbons (Fsp3) is 0.318.